The van der Waals surface area contributed by atoms with Gasteiger partial charge in [-0.2, -0.15) is 0 Å². The second kappa shape index (κ2) is 5.91. The number of hydrogen-bond acceptors (Lipinski definition) is 3. The average Bonchev–Trinajstić information content (AvgIpc) is 2.39. The third-order valence-electron chi connectivity index (χ3n) is 3.27. The minimum atomic E-state index is -0.212. The Morgan fingerprint density at radius 2 is 2.05 bits per heavy atom. The number of aryl methyl sites for hydroxylation is 2. The Kier molecular flexibility index (Phi) is 4.24. The van der Waals surface area contributed by atoms with Crippen molar-refractivity contribution in [3.63, 3.8) is 0 Å². The molecule has 1 atom stereocenters. The number of hydrogen-bond donors (Lipinski definition) is 2. The first-order valence-corrected chi connectivity index (χ1v) is 6.24. The number of hydrazine groups is 1. The Labute approximate surface area is 112 Å². The maximum atomic E-state index is 13.1. The van der Waals surface area contributed by atoms with Crippen LogP contribution in [0.1, 0.15) is 28.4 Å². The van der Waals surface area contributed by atoms with Crippen molar-refractivity contribution in [2.45, 2.75) is 26.3 Å². The third kappa shape index (κ3) is 3.36. The van der Waals surface area contributed by atoms with Gasteiger partial charge in [0.25, 0.3) is 0 Å². The monoisotopic (exact) mass is 259 g/mol. The van der Waals surface area contributed by atoms with E-state index in [2.05, 4.69) is 10.4 Å². The van der Waals surface area contributed by atoms with Gasteiger partial charge in [0.1, 0.15) is 5.82 Å². The number of nitrogens with two attached hydrogens (primary N) is 1. The van der Waals surface area contributed by atoms with Gasteiger partial charge in [0.15, 0.2) is 0 Å². The molecule has 4 heteroatoms. The van der Waals surface area contributed by atoms with Gasteiger partial charge >= 0.3 is 0 Å². The van der Waals surface area contributed by atoms with Crippen molar-refractivity contribution in [1.29, 1.82) is 0 Å². The molecule has 3 nitrogen and oxygen atoms in total. The van der Waals surface area contributed by atoms with Crippen LogP contribution in [0, 0.1) is 19.7 Å². The van der Waals surface area contributed by atoms with Gasteiger partial charge in [-0.15, -0.1) is 0 Å². The van der Waals surface area contributed by atoms with Crippen LogP contribution in [0.15, 0.2) is 36.5 Å². The Morgan fingerprint density at radius 3 is 2.63 bits per heavy atom. The number of rotatable bonds is 4. The fraction of sp³-hybridized carbons (Fsp3) is 0.267. The van der Waals surface area contributed by atoms with E-state index < -0.39 is 0 Å². The number of nitrogens with one attached hydrogen (secondary N) is 1. The third-order valence-corrected chi connectivity index (χ3v) is 3.27. The van der Waals surface area contributed by atoms with E-state index in [-0.39, 0.29) is 11.9 Å². The van der Waals surface area contributed by atoms with Crippen molar-refractivity contribution in [1.82, 2.24) is 10.4 Å². The standard InChI is InChI=1S/C15H18FN3/c1-10-7-14(16)6-5-12(10)8-15(19-17)13-4-3-11(2)18-9-13/h3-7,9,15,19H,8,17H2,1-2H3. The minimum absolute atomic E-state index is 0.0303. The molecule has 0 aliphatic rings. The van der Waals surface area contributed by atoms with Crippen LogP contribution in [0.4, 0.5) is 4.39 Å². The molecule has 0 fully saturated rings. The summed E-state index contributed by atoms with van der Waals surface area (Å²) >= 11 is 0. The Hall–Kier alpha value is -1.78. The molecule has 0 aliphatic heterocycles. The summed E-state index contributed by atoms with van der Waals surface area (Å²) in [5.41, 5.74) is 6.79. The zero-order valence-corrected chi connectivity index (χ0v) is 11.2. The van der Waals surface area contributed by atoms with E-state index in [0.717, 1.165) is 22.4 Å². The molecule has 3 N–H and O–H groups in total. The summed E-state index contributed by atoms with van der Waals surface area (Å²) in [6.07, 6.45) is 2.52. The summed E-state index contributed by atoms with van der Waals surface area (Å²) < 4.78 is 13.1. The molecule has 0 saturated heterocycles. The first-order chi connectivity index (χ1) is 9.10. The number of benzene rings is 1. The fourth-order valence-electron chi connectivity index (χ4n) is 2.07. The molecule has 19 heavy (non-hydrogen) atoms. The quantitative estimate of drug-likeness (QED) is 0.655. The van der Waals surface area contributed by atoms with E-state index in [1.54, 1.807) is 6.07 Å². The summed E-state index contributed by atoms with van der Waals surface area (Å²) in [5, 5.41) is 0. The van der Waals surface area contributed by atoms with Gasteiger partial charge in [0.2, 0.25) is 0 Å². The van der Waals surface area contributed by atoms with E-state index in [0.29, 0.717) is 6.42 Å². The molecule has 0 bridgehead atoms. The number of pyridine rings is 1. The molecule has 0 saturated carbocycles. The first kappa shape index (κ1) is 13.6. The number of aromatic nitrogens is 1. The highest BCUT2D eigenvalue weighted by atomic mass is 19.1. The summed E-state index contributed by atoms with van der Waals surface area (Å²) in [7, 11) is 0. The molecule has 0 radical (unpaired) electrons. The molecule has 1 unspecified atom stereocenters. The number of halogens is 1. The van der Waals surface area contributed by atoms with Gasteiger partial charge < -0.3 is 0 Å². The first-order valence-electron chi connectivity index (χ1n) is 6.24. The lowest BCUT2D eigenvalue weighted by atomic mass is 9.97. The summed E-state index contributed by atoms with van der Waals surface area (Å²) in [5.74, 6) is 5.41. The van der Waals surface area contributed by atoms with Crippen molar-refractivity contribution in [2.24, 2.45) is 5.84 Å². The fourth-order valence-corrected chi connectivity index (χ4v) is 2.07. The van der Waals surface area contributed by atoms with E-state index >= 15 is 0 Å². The Balaban J connectivity index is 2.21. The Bertz CT molecular complexity index is 552. The second-order valence-electron chi connectivity index (χ2n) is 4.73. The van der Waals surface area contributed by atoms with Crippen LogP contribution in [0.2, 0.25) is 0 Å². The summed E-state index contributed by atoms with van der Waals surface area (Å²) in [4.78, 5) is 4.27. The van der Waals surface area contributed by atoms with Crippen molar-refractivity contribution in [3.05, 3.63) is 64.7 Å². The molecule has 1 heterocycles. The van der Waals surface area contributed by atoms with Crippen LogP contribution in [0.25, 0.3) is 0 Å². The molecule has 100 valence electrons. The van der Waals surface area contributed by atoms with Crippen LogP contribution in [-0.4, -0.2) is 4.98 Å². The lowest BCUT2D eigenvalue weighted by molar-refractivity contribution is 0.547. The SMILES string of the molecule is Cc1ccc(C(Cc2ccc(F)cc2C)NN)cn1. The maximum absolute atomic E-state index is 13.1. The highest BCUT2D eigenvalue weighted by Gasteiger charge is 2.12. The molecular weight excluding hydrogens is 241 g/mol. The number of nitrogens with zero attached hydrogens (tertiary/aromatic N) is 1. The van der Waals surface area contributed by atoms with Crippen LogP contribution < -0.4 is 11.3 Å². The highest BCUT2D eigenvalue weighted by molar-refractivity contribution is 5.29. The van der Waals surface area contributed by atoms with Crippen LogP contribution >= 0.6 is 0 Å². The molecule has 2 aromatic rings. The zero-order chi connectivity index (χ0) is 13.8. The molecule has 1 aromatic carbocycles. The maximum Gasteiger partial charge on any atom is 0.123 e. The lowest BCUT2D eigenvalue weighted by Gasteiger charge is -2.17. The van der Waals surface area contributed by atoms with E-state index in [4.69, 9.17) is 5.84 Å². The molecule has 0 spiro atoms. The summed E-state index contributed by atoms with van der Waals surface area (Å²) in [6, 6.07) is 8.75. The van der Waals surface area contributed by atoms with Gasteiger partial charge in [-0.25, -0.2) is 4.39 Å². The highest BCUT2D eigenvalue weighted by Crippen LogP contribution is 2.20. The van der Waals surface area contributed by atoms with Crippen molar-refractivity contribution >= 4 is 0 Å². The smallest absolute Gasteiger partial charge is 0.123 e. The van der Waals surface area contributed by atoms with Gasteiger partial charge in [-0.3, -0.25) is 16.3 Å². The van der Waals surface area contributed by atoms with Gasteiger partial charge in [0, 0.05) is 11.9 Å². The molecular formula is C15H18FN3. The van der Waals surface area contributed by atoms with E-state index in [9.17, 15) is 4.39 Å². The van der Waals surface area contributed by atoms with Crippen molar-refractivity contribution in [2.75, 3.05) is 0 Å². The minimum Gasteiger partial charge on any atom is -0.271 e. The second-order valence-corrected chi connectivity index (χ2v) is 4.73. The molecule has 0 amide bonds. The topological polar surface area (TPSA) is 50.9 Å². The van der Waals surface area contributed by atoms with Crippen LogP contribution in [-0.2, 0) is 6.42 Å². The average molecular weight is 259 g/mol. The predicted octanol–water partition coefficient (Wildman–Crippen LogP) is 2.58. The van der Waals surface area contributed by atoms with Crippen LogP contribution in [0.3, 0.4) is 0 Å². The zero-order valence-electron chi connectivity index (χ0n) is 11.2. The van der Waals surface area contributed by atoms with E-state index in [1.807, 2.05) is 32.2 Å². The predicted molar refractivity (Wildman–Crippen MR) is 73.9 cm³/mol. The molecule has 1 aromatic heterocycles. The van der Waals surface area contributed by atoms with E-state index in [1.165, 1.54) is 12.1 Å². The van der Waals surface area contributed by atoms with Gasteiger partial charge in [-0.05, 0) is 55.2 Å². The lowest BCUT2D eigenvalue weighted by Crippen LogP contribution is -2.29. The largest absolute Gasteiger partial charge is 0.271 e. The van der Waals surface area contributed by atoms with Crippen molar-refractivity contribution < 1.29 is 4.39 Å². The molecule has 2 rings (SSSR count). The Morgan fingerprint density at radius 1 is 1.26 bits per heavy atom. The van der Waals surface area contributed by atoms with Crippen molar-refractivity contribution in [3.8, 4) is 0 Å². The van der Waals surface area contributed by atoms with Gasteiger partial charge in [-0.1, -0.05) is 12.1 Å². The van der Waals surface area contributed by atoms with Crippen LogP contribution in [0.5, 0.6) is 0 Å². The van der Waals surface area contributed by atoms with Gasteiger partial charge in [0.05, 0.1) is 6.04 Å². The molecule has 0 aliphatic carbocycles. The summed E-state index contributed by atoms with van der Waals surface area (Å²) in [6.45, 7) is 3.85. The normalized spacial score (nSPS) is 12.4.